The number of esters is 1. The molecule has 0 saturated heterocycles. The lowest BCUT2D eigenvalue weighted by Gasteiger charge is -2.08. The third-order valence-corrected chi connectivity index (χ3v) is 6.08. The summed E-state index contributed by atoms with van der Waals surface area (Å²) in [6.45, 7) is 6.40. The molecular weight excluding hydrogens is 450 g/mol. The monoisotopic (exact) mass is 475 g/mol. The molecule has 0 atom stereocenters. The second-order valence-corrected chi connectivity index (χ2v) is 8.83. The van der Waals surface area contributed by atoms with Crippen LogP contribution in [0.25, 0.3) is 0 Å². The molecule has 0 aliphatic heterocycles. The van der Waals surface area contributed by atoms with E-state index < -0.39 is 0 Å². The zero-order valence-corrected chi connectivity index (χ0v) is 20.0. The molecule has 0 radical (unpaired) electrons. The molecule has 9 nitrogen and oxygen atoms in total. The van der Waals surface area contributed by atoms with Crippen molar-refractivity contribution in [3.05, 3.63) is 46.2 Å². The molecule has 0 aliphatic rings. The van der Waals surface area contributed by atoms with Gasteiger partial charge < -0.3 is 19.4 Å². The number of benzene rings is 1. The summed E-state index contributed by atoms with van der Waals surface area (Å²) in [5.41, 5.74) is 2.83. The molecule has 1 N–H and O–H groups in total. The van der Waals surface area contributed by atoms with Gasteiger partial charge in [-0.1, -0.05) is 17.8 Å². The van der Waals surface area contributed by atoms with E-state index in [-0.39, 0.29) is 30.7 Å². The lowest BCUT2D eigenvalue weighted by Crippen LogP contribution is -2.15. The summed E-state index contributed by atoms with van der Waals surface area (Å²) in [6, 6.07) is 6.03. The molecule has 2 aromatic heterocycles. The minimum Gasteiger partial charge on any atom is -0.486 e. The van der Waals surface area contributed by atoms with Crippen LogP contribution in [0.5, 0.6) is 5.75 Å². The summed E-state index contributed by atoms with van der Waals surface area (Å²) >= 11 is 2.53. The Hall–Kier alpha value is -2.92. The Bertz CT molecular complexity index is 1080. The number of thioether (sulfide) groups is 1. The van der Waals surface area contributed by atoms with Gasteiger partial charge in [-0.05, 0) is 44.0 Å². The third-order valence-electron chi connectivity index (χ3n) is 4.25. The van der Waals surface area contributed by atoms with Gasteiger partial charge in [-0.3, -0.25) is 9.59 Å². The number of ether oxygens (including phenoxy) is 2. The summed E-state index contributed by atoms with van der Waals surface area (Å²) < 4.78 is 12.6. The van der Waals surface area contributed by atoms with Crippen molar-refractivity contribution in [2.24, 2.45) is 7.05 Å². The molecule has 1 aromatic carbocycles. The molecule has 0 aliphatic carbocycles. The summed E-state index contributed by atoms with van der Waals surface area (Å²) in [7, 11) is 1.84. The van der Waals surface area contributed by atoms with Crippen LogP contribution in [-0.2, 0) is 34.4 Å². The zero-order chi connectivity index (χ0) is 23.1. The van der Waals surface area contributed by atoms with E-state index in [9.17, 15) is 9.59 Å². The Balaban J connectivity index is 1.48. The maximum atomic E-state index is 12.3. The number of anilines is 1. The Labute approximate surface area is 194 Å². The lowest BCUT2D eigenvalue weighted by atomic mass is 10.1. The van der Waals surface area contributed by atoms with Gasteiger partial charge >= 0.3 is 5.97 Å². The number of hydrogen-bond acceptors (Lipinski definition) is 9. The predicted octanol–water partition coefficient (Wildman–Crippen LogP) is 3.30. The van der Waals surface area contributed by atoms with Crippen LogP contribution in [0.1, 0.15) is 29.6 Å². The number of rotatable bonds is 10. The maximum absolute atomic E-state index is 12.3. The fraction of sp³-hybridized carbons (Fsp3) is 0.381. The maximum Gasteiger partial charge on any atom is 0.311 e. The average molecular weight is 476 g/mol. The molecule has 1 amide bonds. The van der Waals surface area contributed by atoms with Crippen LogP contribution in [-0.4, -0.2) is 44.0 Å². The highest BCUT2D eigenvalue weighted by molar-refractivity contribution is 7.99. The van der Waals surface area contributed by atoms with Crippen LogP contribution in [0, 0.1) is 13.8 Å². The standard InChI is InChI=1S/C21H25N5O4S2/c1-5-29-19(28)9-15-11-31-20(22-15)23-18(27)12-32-21-25-24-17(26(21)4)10-30-16-7-13(2)6-14(3)8-16/h6-8,11H,5,9-10,12H2,1-4H3,(H,22,23,27). The Kier molecular flexibility index (Phi) is 8.23. The summed E-state index contributed by atoms with van der Waals surface area (Å²) in [5, 5.41) is 13.8. The Morgan fingerprint density at radius 3 is 2.66 bits per heavy atom. The van der Waals surface area contributed by atoms with Gasteiger partial charge in [0.25, 0.3) is 0 Å². The van der Waals surface area contributed by atoms with Crippen LogP contribution in [0.4, 0.5) is 5.13 Å². The number of amides is 1. The fourth-order valence-corrected chi connectivity index (χ4v) is 4.31. The first-order chi connectivity index (χ1) is 15.3. The van der Waals surface area contributed by atoms with E-state index in [1.54, 1.807) is 16.9 Å². The van der Waals surface area contributed by atoms with Gasteiger partial charge in [-0.2, -0.15) is 0 Å². The van der Waals surface area contributed by atoms with E-state index in [0.29, 0.717) is 28.4 Å². The van der Waals surface area contributed by atoms with Gasteiger partial charge in [0, 0.05) is 12.4 Å². The second-order valence-electron chi connectivity index (χ2n) is 7.03. The molecule has 11 heteroatoms. The molecule has 0 unspecified atom stereocenters. The minimum absolute atomic E-state index is 0.0842. The van der Waals surface area contributed by atoms with E-state index in [1.807, 2.05) is 33.0 Å². The van der Waals surface area contributed by atoms with Gasteiger partial charge in [0.15, 0.2) is 16.1 Å². The van der Waals surface area contributed by atoms with Crippen molar-refractivity contribution in [2.45, 2.75) is 39.0 Å². The quantitative estimate of drug-likeness (QED) is 0.351. The number of aryl methyl sites for hydroxylation is 2. The van der Waals surface area contributed by atoms with Crippen molar-refractivity contribution >= 4 is 40.1 Å². The number of carbonyl (C=O) groups excluding carboxylic acids is 2. The minimum atomic E-state index is -0.342. The molecule has 0 fully saturated rings. The molecule has 0 saturated carbocycles. The van der Waals surface area contributed by atoms with E-state index >= 15 is 0 Å². The smallest absolute Gasteiger partial charge is 0.311 e. The number of nitrogens with one attached hydrogen (secondary N) is 1. The van der Waals surface area contributed by atoms with Gasteiger partial charge in [0.2, 0.25) is 5.91 Å². The predicted molar refractivity (Wildman–Crippen MR) is 123 cm³/mol. The highest BCUT2D eigenvalue weighted by Crippen LogP contribution is 2.21. The van der Waals surface area contributed by atoms with Crippen molar-refractivity contribution < 1.29 is 19.1 Å². The third kappa shape index (κ3) is 6.79. The number of thiazole rings is 1. The number of carbonyl (C=O) groups is 2. The topological polar surface area (TPSA) is 108 Å². The summed E-state index contributed by atoms with van der Waals surface area (Å²) in [6.07, 6.45) is 0.0842. The molecule has 0 spiro atoms. The van der Waals surface area contributed by atoms with Crippen LogP contribution in [0.2, 0.25) is 0 Å². The highest BCUT2D eigenvalue weighted by atomic mass is 32.2. The number of nitrogens with zero attached hydrogens (tertiary/aromatic N) is 4. The van der Waals surface area contributed by atoms with E-state index in [4.69, 9.17) is 9.47 Å². The Morgan fingerprint density at radius 1 is 1.19 bits per heavy atom. The van der Waals surface area contributed by atoms with Crippen molar-refractivity contribution in [3.8, 4) is 5.75 Å². The molecule has 32 heavy (non-hydrogen) atoms. The molecular formula is C21H25N5O4S2. The van der Waals surface area contributed by atoms with Crippen molar-refractivity contribution in [3.63, 3.8) is 0 Å². The van der Waals surface area contributed by atoms with Crippen molar-refractivity contribution in [2.75, 3.05) is 17.7 Å². The lowest BCUT2D eigenvalue weighted by molar-refractivity contribution is -0.142. The van der Waals surface area contributed by atoms with E-state index in [1.165, 1.54) is 23.1 Å². The molecule has 2 heterocycles. The normalized spacial score (nSPS) is 10.8. The molecule has 3 aromatic rings. The Morgan fingerprint density at radius 2 is 1.94 bits per heavy atom. The van der Waals surface area contributed by atoms with Gasteiger partial charge in [-0.25, -0.2) is 4.98 Å². The largest absolute Gasteiger partial charge is 0.486 e. The SMILES string of the molecule is CCOC(=O)Cc1csc(NC(=O)CSc2nnc(COc3cc(C)cc(C)c3)n2C)n1. The first-order valence-corrected chi connectivity index (χ1v) is 11.8. The van der Waals surface area contributed by atoms with E-state index in [2.05, 4.69) is 26.6 Å². The van der Waals surface area contributed by atoms with Crippen molar-refractivity contribution in [1.29, 1.82) is 0 Å². The zero-order valence-electron chi connectivity index (χ0n) is 18.4. The van der Waals surface area contributed by atoms with Crippen LogP contribution < -0.4 is 10.1 Å². The van der Waals surface area contributed by atoms with Gasteiger partial charge in [0.05, 0.1) is 24.5 Å². The van der Waals surface area contributed by atoms with Gasteiger partial charge in [0.1, 0.15) is 12.4 Å². The summed E-state index contributed by atoms with van der Waals surface area (Å²) in [4.78, 5) is 28.0. The van der Waals surface area contributed by atoms with Crippen LogP contribution in [0.15, 0.2) is 28.7 Å². The highest BCUT2D eigenvalue weighted by Gasteiger charge is 2.14. The van der Waals surface area contributed by atoms with Gasteiger partial charge in [-0.15, -0.1) is 21.5 Å². The first kappa shape index (κ1) is 23.7. The second kappa shape index (κ2) is 11.1. The average Bonchev–Trinajstić information content (AvgIpc) is 3.30. The molecule has 3 rings (SSSR count). The molecule has 170 valence electrons. The number of hydrogen-bond donors (Lipinski definition) is 1. The van der Waals surface area contributed by atoms with Crippen LogP contribution >= 0.6 is 23.1 Å². The van der Waals surface area contributed by atoms with E-state index in [0.717, 1.165) is 16.9 Å². The summed E-state index contributed by atoms with van der Waals surface area (Å²) in [5.74, 6) is 1.03. The fourth-order valence-electron chi connectivity index (χ4n) is 2.85. The number of aromatic nitrogens is 4. The molecule has 0 bridgehead atoms. The first-order valence-electron chi connectivity index (χ1n) is 9.96. The van der Waals surface area contributed by atoms with Crippen LogP contribution in [0.3, 0.4) is 0 Å². The van der Waals surface area contributed by atoms with Crippen molar-refractivity contribution in [1.82, 2.24) is 19.7 Å².